The van der Waals surface area contributed by atoms with E-state index in [-0.39, 0.29) is 24.5 Å². The summed E-state index contributed by atoms with van der Waals surface area (Å²) in [6, 6.07) is -0.100. The van der Waals surface area contributed by atoms with Crippen LogP contribution in [0.5, 0.6) is 0 Å². The first kappa shape index (κ1) is 15.0. The molecule has 1 aromatic heterocycles. The summed E-state index contributed by atoms with van der Waals surface area (Å²) in [4.78, 5) is 18.4. The second kappa shape index (κ2) is 6.83. The minimum atomic E-state index is -0.100. The minimum Gasteiger partial charge on any atom is -0.375 e. The first-order valence-corrected chi connectivity index (χ1v) is 7.29. The van der Waals surface area contributed by atoms with Crippen molar-refractivity contribution in [3.63, 3.8) is 0 Å². The number of nitrogens with zero attached hydrogens (tertiary/aromatic N) is 3. The van der Waals surface area contributed by atoms with E-state index in [1.165, 1.54) is 7.11 Å². The van der Waals surface area contributed by atoms with Crippen molar-refractivity contribution in [2.75, 3.05) is 20.3 Å². The second-order valence-electron chi connectivity index (χ2n) is 5.33. The van der Waals surface area contributed by atoms with Crippen molar-refractivity contribution < 1.29 is 14.1 Å². The lowest BCUT2D eigenvalue weighted by molar-refractivity contribution is -0.139. The van der Waals surface area contributed by atoms with Gasteiger partial charge in [-0.25, -0.2) is 0 Å². The smallest absolute Gasteiger partial charge is 0.249 e. The molecule has 6 nitrogen and oxygen atoms in total. The zero-order valence-electron chi connectivity index (χ0n) is 12.5. The van der Waals surface area contributed by atoms with Crippen LogP contribution in [0.2, 0.25) is 0 Å². The van der Waals surface area contributed by atoms with Crippen molar-refractivity contribution in [3.8, 4) is 0 Å². The van der Waals surface area contributed by atoms with E-state index in [0.717, 1.165) is 38.1 Å². The molecule has 1 fully saturated rings. The molecule has 0 N–H and O–H groups in total. The number of carbonyl (C=O) groups excluding carboxylic acids is 1. The maximum absolute atomic E-state index is 12.1. The zero-order chi connectivity index (χ0) is 14.5. The molecule has 0 radical (unpaired) electrons. The predicted octanol–water partition coefficient (Wildman–Crippen LogP) is 2.28. The van der Waals surface area contributed by atoms with Crippen molar-refractivity contribution in [2.45, 2.75) is 51.5 Å². The topological polar surface area (TPSA) is 68.5 Å². The third-order valence-electron chi connectivity index (χ3n) is 3.89. The second-order valence-corrected chi connectivity index (χ2v) is 5.33. The van der Waals surface area contributed by atoms with Gasteiger partial charge in [0, 0.05) is 19.6 Å². The maximum atomic E-state index is 12.1. The Balaban J connectivity index is 2.15. The lowest BCUT2D eigenvalue weighted by Gasteiger charge is -2.33. The van der Waals surface area contributed by atoms with Crippen LogP contribution in [0.25, 0.3) is 0 Å². The van der Waals surface area contributed by atoms with Gasteiger partial charge in [0.15, 0.2) is 5.82 Å². The van der Waals surface area contributed by atoms with Gasteiger partial charge in [0.2, 0.25) is 11.8 Å². The molecule has 0 bridgehead atoms. The van der Waals surface area contributed by atoms with E-state index in [4.69, 9.17) is 9.26 Å². The van der Waals surface area contributed by atoms with Crippen LogP contribution < -0.4 is 0 Å². The lowest BCUT2D eigenvalue weighted by atomic mass is 10.0. The Kier molecular flexibility index (Phi) is 5.11. The molecule has 112 valence electrons. The molecule has 1 aliphatic rings. The van der Waals surface area contributed by atoms with Crippen LogP contribution in [0.15, 0.2) is 4.52 Å². The minimum absolute atomic E-state index is 0.0134. The van der Waals surface area contributed by atoms with Crippen LogP contribution in [0.1, 0.15) is 63.2 Å². The lowest BCUT2D eigenvalue weighted by Crippen LogP contribution is -2.40. The van der Waals surface area contributed by atoms with E-state index in [1.807, 2.05) is 0 Å². The number of ether oxygens (including phenoxy) is 1. The maximum Gasteiger partial charge on any atom is 0.249 e. The number of likely N-dealkylation sites (tertiary alicyclic amines) is 1. The van der Waals surface area contributed by atoms with E-state index in [2.05, 4.69) is 24.0 Å². The van der Waals surface area contributed by atoms with Crippen LogP contribution >= 0.6 is 0 Å². The van der Waals surface area contributed by atoms with Crippen molar-refractivity contribution in [1.29, 1.82) is 0 Å². The van der Waals surface area contributed by atoms with E-state index in [0.29, 0.717) is 5.89 Å². The Morgan fingerprint density at radius 1 is 1.55 bits per heavy atom. The number of hydrogen-bond donors (Lipinski definition) is 0. The number of carbonyl (C=O) groups is 1. The van der Waals surface area contributed by atoms with Gasteiger partial charge >= 0.3 is 0 Å². The first-order valence-electron chi connectivity index (χ1n) is 7.29. The van der Waals surface area contributed by atoms with Crippen molar-refractivity contribution in [2.24, 2.45) is 0 Å². The zero-order valence-corrected chi connectivity index (χ0v) is 12.5. The molecule has 0 spiro atoms. The highest BCUT2D eigenvalue weighted by molar-refractivity contribution is 5.77. The highest BCUT2D eigenvalue weighted by Crippen LogP contribution is 2.30. The molecule has 2 atom stereocenters. The summed E-state index contributed by atoms with van der Waals surface area (Å²) in [5.74, 6) is 1.55. The van der Waals surface area contributed by atoms with Crippen LogP contribution in [0.3, 0.4) is 0 Å². The summed E-state index contributed by atoms with van der Waals surface area (Å²) < 4.78 is 10.3. The monoisotopic (exact) mass is 281 g/mol. The molecule has 2 heterocycles. The van der Waals surface area contributed by atoms with E-state index in [1.54, 1.807) is 4.90 Å². The molecule has 1 aromatic rings. The van der Waals surface area contributed by atoms with Gasteiger partial charge in [-0.05, 0) is 25.7 Å². The summed E-state index contributed by atoms with van der Waals surface area (Å²) in [7, 11) is 1.53. The Labute approximate surface area is 119 Å². The third kappa shape index (κ3) is 3.17. The summed E-state index contributed by atoms with van der Waals surface area (Å²) in [6.07, 6.45) is 3.92. The fraction of sp³-hybridized carbons (Fsp3) is 0.786. The highest BCUT2D eigenvalue weighted by atomic mass is 16.5. The molecule has 0 unspecified atom stereocenters. The highest BCUT2D eigenvalue weighted by Gasteiger charge is 2.32. The normalized spacial score (nSPS) is 20.9. The molecule has 1 saturated heterocycles. The van der Waals surface area contributed by atoms with Crippen LogP contribution in [-0.4, -0.2) is 41.2 Å². The number of aromatic nitrogens is 2. The molecule has 0 saturated carbocycles. The van der Waals surface area contributed by atoms with Gasteiger partial charge < -0.3 is 14.2 Å². The summed E-state index contributed by atoms with van der Waals surface area (Å²) in [5, 5.41) is 4.05. The van der Waals surface area contributed by atoms with Gasteiger partial charge in [0.25, 0.3) is 0 Å². The van der Waals surface area contributed by atoms with Crippen LogP contribution in [0.4, 0.5) is 0 Å². The summed E-state index contributed by atoms with van der Waals surface area (Å²) >= 11 is 0. The van der Waals surface area contributed by atoms with Crippen molar-refractivity contribution >= 4 is 5.91 Å². The third-order valence-corrected chi connectivity index (χ3v) is 3.89. The Hall–Kier alpha value is -1.43. The van der Waals surface area contributed by atoms with Crippen molar-refractivity contribution in [1.82, 2.24) is 15.0 Å². The molecular formula is C14H23N3O3. The van der Waals surface area contributed by atoms with E-state index < -0.39 is 0 Å². The van der Waals surface area contributed by atoms with Gasteiger partial charge in [-0.1, -0.05) is 19.0 Å². The summed E-state index contributed by atoms with van der Waals surface area (Å²) in [6.45, 7) is 5.00. The fourth-order valence-corrected chi connectivity index (χ4v) is 2.46. The number of amides is 1. The molecule has 6 heteroatoms. The molecule has 1 amide bonds. The van der Waals surface area contributed by atoms with Crippen molar-refractivity contribution in [3.05, 3.63) is 11.7 Å². The molecule has 20 heavy (non-hydrogen) atoms. The SMILES string of the molecule is CC[C@@H](C)c1noc([C@@H]2CCCCN2C(=O)COC)n1. The standard InChI is InChI=1S/C14H23N3O3/c1-4-10(2)13-15-14(20-16-13)11-7-5-6-8-17(11)12(18)9-19-3/h10-11H,4-9H2,1-3H3/t10-,11+/m1/s1. The average molecular weight is 281 g/mol. The number of hydrogen-bond acceptors (Lipinski definition) is 5. The number of piperidine rings is 1. The Morgan fingerprint density at radius 2 is 2.35 bits per heavy atom. The largest absolute Gasteiger partial charge is 0.375 e. The van der Waals surface area contributed by atoms with Crippen LogP contribution in [-0.2, 0) is 9.53 Å². The Morgan fingerprint density at radius 3 is 3.05 bits per heavy atom. The molecular weight excluding hydrogens is 258 g/mol. The Bertz CT molecular complexity index is 447. The molecule has 0 aliphatic carbocycles. The predicted molar refractivity (Wildman–Crippen MR) is 73.2 cm³/mol. The van der Waals surface area contributed by atoms with Gasteiger partial charge in [0.1, 0.15) is 12.6 Å². The number of rotatable bonds is 5. The van der Waals surface area contributed by atoms with Gasteiger partial charge in [-0.15, -0.1) is 0 Å². The molecule has 1 aliphatic heterocycles. The summed E-state index contributed by atoms with van der Waals surface area (Å²) in [5.41, 5.74) is 0. The average Bonchev–Trinajstić information content (AvgIpc) is 2.96. The quantitative estimate of drug-likeness (QED) is 0.828. The van der Waals surface area contributed by atoms with Gasteiger partial charge in [0.05, 0.1) is 0 Å². The van der Waals surface area contributed by atoms with Gasteiger partial charge in [-0.2, -0.15) is 4.98 Å². The van der Waals surface area contributed by atoms with Crippen LogP contribution in [0, 0.1) is 0 Å². The molecule has 2 rings (SSSR count). The number of methoxy groups -OCH3 is 1. The molecule has 0 aromatic carbocycles. The van der Waals surface area contributed by atoms with E-state index >= 15 is 0 Å². The first-order chi connectivity index (χ1) is 9.67. The van der Waals surface area contributed by atoms with Gasteiger partial charge in [-0.3, -0.25) is 4.79 Å². The van der Waals surface area contributed by atoms with E-state index in [9.17, 15) is 4.79 Å². The fourth-order valence-electron chi connectivity index (χ4n) is 2.46.